The number of carbonyl (C=O) groups excluding carboxylic acids is 2. The molecule has 2 amide bonds. The lowest BCUT2D eigenvalue weighted by atomic mass is 10.1. The molecule has 2 saturated heterocycles. The Morgan fingerprint density at radius 1 is 1.21 bits per heavy atom. The molecule has 7 nitrogen and oxygen atoms in total. The standard InChI is InChI=1S/C11H14N2O4S.C5H8O/c1-18(16,17)9-4-2-8(3-5-9)6-7-13-11(15)10(12)14;1-2-5-3-4(1)6-5/h2-5H,6-7H2,1H3,(H2,12,14)(H,13,15);4-5H,1-3H2. The largest absolute Gasteiger partial charge is 0.375 e. The van der Waals surface area contributed by atoms with E-state index in [2.05, 4.69) is 5.32 Å². The Labute approximate surface area is 141 Å². The number of hydrogen-bond donors (Lipinski definition) is 2. The van der Waals surface area contributed by atoms with Gasteiger partial charge in [0.2, 0.25) is 0 Å². The van der Waals surface area contributed by atoms with E-state index < -0.39 is 21.7 Å². The first kappa shape index (κ1) is 18.4. The average Bonchev–Trinajstić information content (AvgIpc) is 3.12. The van der Waals surface area contributed by atoms with E-state index in [0.29, 0.717) is 18.6 Å². The normalized spacial score (nSPS) is 21.2. The number of benzene rings is 1. The maximum Gasteiger partial charge on any atom is 0.309 e. The van der Waals surface area contributed by atoms with Crippen LogP contribution >= 0.6 is 0 Å². The molecule has 0 radical (unpaired) electrons. The molecule has 1 aromatic carbocycles. The highest BCUT2D eigenvalue weighted by atomic mass is 32.2. The van der Waals surface area contributed by atoms with Gasteiger partial charge in [0.15, 0.2) is 9.84 Å². The number of primary amides is 1. The molecule has 2 bridgehead atoms. The molecule has 1 aliphatic carbocycles. The highest BCUT2D eigenvalue weighted by Crippen LogP contribution is 2.36. The quantitative estimate of drug-likeness (QED) is 0.748. The van der Waals surface area contributed by atoms with E-state index in [1.165, 1.54) is 31.4 Å². The van der Waals surface area contributed by atoms with Crippen LogP contribution < -0.4 is 11.1 Å². The van der Waals surface area contributed by atoms with E-state index in [1.807, 2.05) is 0 Å². The smallest absolute Gasteiger partial charge is 0.309 e. The Hall–Kier alpha value is -1.93. The van der Waals surface area contributed by atoms with Gasteiger partial charge in [-0.25, -0.2) is 8.42 Å². The van der Waals surface area contributed by atoms with Crippen LogP contribution in [0.3, 0.4) is 0 Å². The molecular formula is C16H22N2O5S. The third kappa shape index (κ3) is 5.31. The first-order chi connectivity index (χ1) is 11.3. The van der Waals surface area contributed by atoms with Gasteiger partial charge in [-0.2, -0.15) is 0 Å². The van der Waals surface area contributed by atoms with E-state index in [0.717, 1.165) is 11.8 Å². The lowest BCUT2D eigenvalue weighted by Crippen LogP contribution is -2.37. The molecule has 3 N–H and O–H groups in total. The topological polar surface area (TPSA) is 116 Å². The van der Waals surface area contributed by atoms with E-state index in [1.54, 1.807) is 12.1 Å². The number of nitrogens with one attached hydrogen (secondary N) is 1. The van der Waals surface area contributed by atoms with Crippen LogP contribution in [-0.4, -0.2) is 45.2 Å². The molecule has 132 valence electrons. The molecule has 3 aliphatic rings. The van der Waals surface area contributed by atoms with Crippen molar-refractivity contribution in [2.24, 2.45) is 5.73 Å². The second-order valence-corrected chi connectivity index (χ2v) is 8.00. The van der Waals surface area contributed by atoms with Gasteiger partial charge >= 0.3 is 11.8 Å². The third-order valence-corrected chi connectivity index (χ3v) is 5.12. The van der Waals surface area contributed by atoms with Gasteiger partial charge in [0.05, 0.1) is 17.1 Å². The Morgan fingerprint density at radius 2 is 1.75 bits per heavy atom. The third-order valence-electron chi connectivity index (χ3n) is 4.00. The van der Waals surface area contributed by atoms with Crippen molar-refractivity contribution in [2.45, 2.75) is 42.8 Å². The van der Waals surface area contributed by atoms with E-state index in [9.17, 15) is 18.0 Å². The van der Waals surface area contributed by atoms with Crippen LogP contribution in [0.4, 0.5) is 0 Å². The van der Waals surface area contributed by atoms with Gasteiger partial charge in [0, 0.05) is 12.8 Å². The second kappa shape index (κ2) is 7.76. The molecule has 0 aromatic heterocycles. The number of ether oxygens (including phenoxy) is 1. The predicted molar refractivity (Wildman–Crippen MR) is 88.0 cm³/mol. The number of amides is 2. The van der Waals surface area contributed by atoms with Crippen molar-refractivity contribution in [3.05, 3.63) is 29.8 Å². The van der Waals surface area contributed by atoms with Gasteiger partial charge < -0.3 is 15.8 Å². The highest BCUT2D eigenvalue weighted by Gasteiger charge is 2.36. The monoisotopic (exact) mass is 354 g/mol. The maximum absolute atomic E-state index is 11.2. The number of sulfone groups is 1. The molecule has 1 aromatic rings. The number of hydrogen-bond acceptors (Lipinski definition) is 5. The Morgan fingerprint density at radius 3 is 2.12 bits per heavy atom. The summed E-state index contributed by atoms with van der Waals surface area (Å²) in [5.41, 5.74) is 5.62. The molecule has 2 unspecified atom stereocenters. The Kier molecular flexibility index (Phi) is 5.95. The van der Waals surface area contributed by atoms with Crippen molar-refractivity contribution >= 4 is 21.7 Å². The van der Waals surface area contributed by atoms with Crippen molar-refractivity contribution in [1.82, 2.24) is 5.32 Å². The van der Waals surface area contributed by atoms with Crippen molar-refractivity contribution in [2.75, 3.05) is 12.8 Å². The van der Waals surface area contributed by atoms with E-state index in [4.69, 9.17) is 10.5 Å². The number of fused-ring (bicyclic) bond motifs is 1. The summed E-state index contributed by atoms with van der Waals surface area (Å²) in [6, 6.07) is 6.32. The van der Waals surface area contributed by atoms with Crippen molar-refractivity contribution in [1.29, 1.82) is 0 Å². The molecular weight excluding hydrogens is 332 g/mol. The van der Waals surface area contributed by atoms with Crippen molar-refractivity contribution in [3.8, 4) is 0 Å². The molecule has 0 spiro atoms. The fraction of sp³-hybridized carbons (Fsp3) is 0.500. The van der Waals surface area contributed by atoms with Gasteiger partial charge in [-0.1, -0.05) is 12.1 Å². The zero-order valence-electron chi connectivity index (χ0n) is 13.5. The minimum Gasteiger partial charge on any atom is -0.375 e. The molecule has 3 fully saturated rings. The number of nitrogens with two attached hydrogens (primary N) is 1. The lowest BCUT2D eigenvalue weighted by molar-refractivity contribution is -0.137. The van der Waals surface area contributed by atoms with Crippen LogP contribution in [0.25, 0.3) is 0 Å². The summed E-state index contributed by atoms with van der Waals surface area (Å²) in [5, 5.41) is 2.34. The average molecular weight is 354 g/mol. The Balaban J connectivity index is 0.000000282. The minimum absolute atomic E-state index is 0.243. The maximum atomic E-state index is 11.2. The van der Waals surface area contributed by atoms with Gasteiger partial charge in [-0.05, 0) is 43.4 Å². The molecule has 8 heteroatoms. The van der Waals surface area contributed by atoms with Crippen LogP contribution in [-0.2, 0) is 30.6 Å². The molecule has 24 heavy (non-hydrogen) atoms. The summed E-state index contributed by atoms with van der Waals surface area (Å²) < 4.78 is 27.7. The minimum atomic E-state index is -3.20. The van der Waals surface area contributed by atoms with Gasteiger partial charge in [-0.15, -0.1) is 0 Å². The number of rotatable bonds is 4. The van der Waals surface area contributed by atoms with Gasteiger partial charge in [0.1, 0.15) is 0 Å². The molecule has 2 atom stereocenters. The van der Waals surface area contributed by atoms with E-state index in [-0.39, 0.29) is 11.4 Å². The fourth-order valence-corrected chi connectivity index (χ4v) is 3.24. The van der Waals surface area contributed by atoms with Crippen LogP contribution in [0.1, 0.15) is 24.8 Å². The summed E-state index contributed by atoms with van der Waals surface area (Å²) >= 11 is 0. The number of carbonyl (C=O) groups is 2. The van der Waals surface area contributed by atoms with Crippen molar-refractivity contribution < 1.29 is 22.7 Å². The van der Waals surface area contributed by atoms with Crippen molar-refractivity contribution in [3.63, 3.8) is 0 Å². The first-order valence-electron chi connectivity index (χ1n) is 7.78. The summed E-state index contributed by atoms with van der Waals surface area (Å²) in [5.74, 6) is -1.86. The van der Waals surface area contributed by atoms with Crippen LogP contribution in [0.15, 0.2) is 29.2 Å². The van der Waals surface area contributed by atoms with E-state index >= 15 is 0 Å². The van der Waals surface area contributed by atoms with Crippen LogP contribution in [0.2, 0.25) is 0 Å². The molecule has 4 rings (SSSR count). The highest BCUT2D eigenvalue weighted by molar-refractivity contribution is 7.90. The zero-order chi connectivity index (χ0) is 17.7. The summed E-state index contributed by atoms with van der Waals surface area (Å²) in [6.07, 6.45) is 7.04. The summed E-state index contributed by atoms with van der Waals surface area (Å²) in [6.45, 7) is 0.264. The molecule has 1 saturated carbocycles. The zero-order valence-corrected chi connectivity index (χ0v) is 14.3. The summed E-state index contributed by atoms with van der Waals surface area (Å²) in [7, 11) is -3.20. The first-order valence-corrected chi connectivity index (χ1v) is 9.67. The SMILES string of the molecule is C1CC2CC1O2.CS(=O)(=O)c1ccc(CCNC(=O)C(N)=O)cc1. The van der Waals surface area contributed by atoms with Crippen LogP contribution in [0.5, 0.6) is 0 Å². The Bertz CT molecular complexity index is 680. The van der Waals surface area contributed by atoms with Gasteiger partial charge in [0.25, 0.3) is 0 Å². The van der Waals surface area contributed by atoms with Gasteiger partial charge in [-0.3, -0.25) is 9.59 Å². The molecule has 2 heterocycles. The van der Waals surface area contributed by atoms with Crippen LogP contribution in [0, 0.1) is 0 Å². The summed E-state index contributed by atoms with van der Waals surface area (Å²) in [4.78, 5) is 21.5. The lowest BCUT2D eigenvalue weighted by Gasteiger charge is -2.23. The predicted octanol–water partition coefficient (Wildman–Crippen LogP) is 0.172. The fourth-order valence-electron chi connectivity index (χ4n) is 2.61. The second-order valence-electron chi connectivity index (χ2n) is 5.98. The molecule has 2 aliphatic heterocycles.